The average Bonchev–Trinajstić information content (AvgIpc) is 2.43. The fourth-order valence-corrected chi connectivity index (χ4v) is 2.71. The van der Waals surface area contributed by atoms with Crippen molar-refractivity contribution < 1.29 is 4.74 Å². The Morgan fingerprint density at radius 3 is 2.57 bits per heavy atom. The molecule has 0 aliphatic carbocycles. The van der Waals surface area contributed by atoms with Gasteiger partial charge in [0.05, 0.1) is 22.8 Å². The molecule has 2 aromatic rings. The summed E-state index contributed by atoms with van der Waals surface area (Å²) in [5, 5.41) is 0. The van der Waals surface area contributed by atoms with Crippen LogP contribution in [-0.2, 0) is 6.42 Å². The first-order valence-electron chi connectivity index (χ1n) is 6.58. The molecule has 4 nitrogen and oxygen atoms in total. The maximum Gasteiger partial charge on any atom is 0.165 e. The van der Waals surface area contributed by atoms with Crippen LogP contribution in [-0.4, -0.2) is 17.1 Å². The van der Waals surface area contributed by atoms with E-state index in [1.807, 2.05) is 18.2 Å². The zero-order chi connectivity index (χ0) is 15.6. The molecular weight excluding hydrogens is 398 g/mol. The highest BCUT2D eigenvalue weighted by molar-refractivity contribution is 9.11. The second-order valence-electron chi connectivity index (χ2n) is 5.14. The third kappa shape index (κ3) is 3.74. The number of rotatable bonds is 4. The van der Waals surface area contributed by atoms with Gasteiger partial charge in [0.25, 0.3) is 0 Å². The summed E-state index contributed by atoms with van der Waals surface area (Å²) in [7, 11) is 1.63. The molecule has 0 unspecified atom stereocenters. The first kappa shape index (κ1) is 16.2. The van der Waals surface area contributed by atoms with Crippen molar-refractivity contribution in [2.45, 2.75) is 20.3 Å². The minimum atomic E-state index is 0.442. The molecule has 112 valence electrons. The molecule has 0 aliphatic rings. The van der Waals surface area contributed by atoms with E-state index in [0.29, 0.717) is 17.6 Å². The van der Waals surface area contributed by atoms with E-state index in [9.17, 15) is 0 Å². The summed E-state index contributed by atoms with van der Waals surface area (Å²) in [5.41, 5.74) is 7.74. The first-order chi connectivity index (χ1) is 9.92. The minimum absolute atomic E-state index is 0.442. The summed E-state index contributed by atoms with van der Waals surface area (Å²) in [4.78, 5) is 9.03. The van der Waals surface area contributed by atoms with Gasteiger partial charge in [-0.15, -0.1) is 0 Å². The maximum atomic E-state index is 6.01. The topological polar surface area (TPSA) is 61.0 Å². The van der Waals surface area contributed by atoms with E-state index >= 15 is 0 Å². The number of halogens is 2. The largest absolute Gasteiger partial charge is 0.496 e. The van der Waals surface area contributed by atoms with Crippen LogP contribution in [0, 0.1) is 5.92 Å². The van der Waals surface area contributed by atoms with Crippen LogP contribution in [0.25, 0.3) is 11.4 Å². The van der Waals surface area contributed by atoms with E-state index in [0.717, 1.165) is 32.4 Å². The lowest BCUT2D eigenvalue weighted by atomic mass is 10.1. The van der Waals surface area contributed by atoms with Crippen LogP contribution in [0.5, 0.6) is 5.75 Å². The van der Waals surface area contributed by atoms with Crippen LogP contribution < -0.4 is 10.5 Å². The number of nitrogens with two attached hydrogens (primary N) is 1. The Bertz CT molecular complexity index is 660. The number of methoxy groups -OCH3 is 1. The van der Waals surface area contributed by atoms with E-state index in [2.05, 4.69) is 55.7 Å². The van der Waals surface area contributed by atoms with E-state index < -0.39 is 0 Å². The van der Waals surface area contributed by atoms with Crippen molar-refractivity contribution >= 4 is 37.7 Å². The highest BCUT2D eigenvalue weighted by Crippen LogP contribution is 2.33. The fourth-order valence-electron chi connectivity index (χ4n) is 2.01. The van der Waals surface area contributed by atoms with Crippen LogP contribution in [0.4, 0.5) is 5.82 Å². The molecule has 0 radical (unpaired) electrons. The summed E-state index contributed by atoms with van der Waals surface area (Å²) in [6.07, 6.45) is 0.830. The van der Waals surface area contributed by atoms with Crippen LogP contribution in [0.2, 0.25) is 0 Å². The molecule has 0 saturated carbocycles. The normalized spacial score (nSPS) is 11.0. The van der Waals surface area contributed by atoms with E-state index in [1.165, 1.54) is 0 Å². The van der Waals surface area contributed by atoms with Gasteiger partial charge < -0.3 is 10.5 Å². The smallest absolute Gasteiger partial charge is 0.165 e. The Hall–Kier alpha value is -1.14. The van der Waals surface area contributed by atoms with Gasteiger partial charge in [-0.1, -0.05) is 29.8 Å². The zero-order valence-corrected chi connectivity index (χ0v) is 15.3. The highest BCUT2D eigenvalue weighted by Gasteiger charge is 2.15. The van der Waals surface area contributed by atoms with Crippen molar-refractivity contribution in [1.82, 2.24) is 9.97 Å². The molecule has 0 saturated heterocycles. The summed E-state index contributed by atoms with van der Waals surface area (Å²) in [6.45, 7) is 4.29. The molecular formula is C15H17Br2N3O. The molecule has 21 heavy (non-hydrogen) atoms. The number of hydrogen-bond donors (Lipinski definition) is 1. The standard InChI is InChI=1S/C15H17Br2N3O/c1-8(2)6-11-13(17)14(18)20-15(19-11)10-7-9(16)4-5-12(10)21-3/h4-5,7-8H,6H2,1-3H3,(H2,18,19,20). The fraction of sp³-hybridized carbons (Fsp3) is 0.333. The summed E-state index contributed by atoms with van der Waals surface area (Å²) in [5.74, 6) is 2.21. The molecule has 0 bridgehead atoms. The van der Waals surface area contributed by atoms with Gasteiger partial charge >= 0.3 is 0 Å². The van der Waals surface area contributed by atoms with Gasteiger partial charge in [0.15, 0.2) is 5.82 Å². The molecule has 0 atom stereocenters. The van der Waals surface area contributed by atoms with E-state index in [-0.39, 0.29) is 0 Å². The van der Waals surface area contributed by atoms with Gasteiger partial charge in [-0.2, -0.15) is 0 Å². The Labute approximate surface area is 141 Å². The lowest BCUT2D eigenvalue weighted by molar-refractivity contribution is 0.416. The Kier molecular flexibility index (Phi) is 5.22. The van der Waals surface area contributed by atoms with Gasteiger partial charge in [-0.3, -0.25) is 0 Å². The van der Waals surface area contributed by atoms with Crippen LogP contribution in [0.1, 0.15) is 19.5 Å². The second-order valence-corrected chi connectivity index (χ2v) is 6.84. The van der Waals surface area contributed by atoms with Crippen molar-refractivity contribution in [3.63, 3.8) is 0 Å². The maximum absolute atomic E-state index is 6.01. The molecule has 0 amide bonds. The van der Waals surface area contributed by atoms with Crippen molar-refractivity contribution in [3.05, 3.63) is 32.8 Å². The number of aromatic nitrogens is 2. The molecule has 0 aliphatic heterocycles. The number of benzene rings is 1. The molecule has 6 heteroatoms. The summed E-state index contributed by atoms with van der Waals surface area (Å²) in [6, 6.07) is 5.73. The van der Waals surface area contributed by atoms with E-state index in [4.69, 9.17) is 10.5 Å². The van der Waals surface area contributed by atoms with Gasteiger partial charge in [-0.05, 0) is 46.5 Å². The summed E-state index contributed by atoms with van der Waals surface area (Å²) >= 11 is 6.94. The van der Waals surface area contributed by atoms with Gasteiger partial charge in [0.1, 0.15) is 11.6 Å². The lowest BCUT2D eigenvalue weighted by Crippen LogP contribution is -2.06. The molecule has 2 rings (SSSR count). The SMILES string of the molecule is COc1ccc(Br)cc1-c1nc(N)c(Br)c(CC(C)C)n1. The molecule has 1 aromatic carbocycles. The average molecular weight is 415 g/mol. The molecule has 0 spiro atoms. The number of anilines is 1. The van der Waals surface area contributed by atoms with E-state index in [1.54, 1.807) is 7.11 Å². The minimum Gasteiger partial charge on any atom is -0.496 e. The van der Waals surface area contributed by atoms with Crippen molar-refractivity contribution in [2.24, 2.45) is 5.92 Å². The number of nitrogens with zero attached hydrogens (tertiary/aromatic N) is 2. The van der Waals surface area contributed by atoms with Crippen LogP contribution in [0.15, 0.2) is 27.1 Å². The van der Waals surface area contributed by atoms with Gasteiger partial charge in [0, 0.05) is 4.47 Å². The highest BCUT2D eigenvalue weighted by atomic mass is 79.9. The van der Waals surface area contributed by atoms with Crippen molar-refractivity contribution in [3.8, 4) is 17.1 Å². The van der Waals surface area contributed by atoms with Crippen LogP contribution >= 0.6 is 31.9 Å². The molecule has 0 fully saturated rings. The monoisotopic (exact) mass is 413 g/mol. The Morgan fingerprint density at radius 1 is 1.24 bits per heavy atom. The zero-order valence-electron chi connectivity index (χ0n) is 12.2. The third-order valence-electron chi connectivity index (χ3n) is 2.95. The molecule has 1 heterocycles. The van der Waals surface area contributed by atoms with Crippen LogP contribution in [0.3, 0.4) is 0 Å². The molecule has 1 aromatic heterocycles. The third-order valence-corrected chi connectivity index (χ3v) is 4.31. The lowest BCUT2D eigenvalue weighted by Gasteiger charge is -2.13. The predicted molar refractivity (Wildman–Crippen MR) is 92.4 cm³/mol. The number of hydrogen-bond acceptors (Lipinski definition) is 4. The predicted octanol–water partition coefficient (Wildman–Crippen LogP) is 4.46. The Morgan fingerprint density at radius 2 is 1.95 bits per heavy atom. The number of ether oxygens (including phenoxy) is 1. The quantitative estimate of drug-likeness (QED) is 0.802. The Balaban J connectivity index is 2.59. The van der Waals surface area contributed by atoms with Crippen molar-refractivity contribution in [2.75, 3.05) is 12.8 Å². The number of nitrogen functional groups attached to an aromatic ring is 1. The first-order valence-corrected chi connectivity index (χ1v) is 8.16. The van der Waals surface area contributed by atoms with Gasteiger partial charge in [0.2, 0.25) is 0 Å². The molecule has 2 N–H and O–H groups in total. The second kappa shape index (κ2) is 6.75. The summed E-state index contributed by atoms with van der Waals surface area (Å²) < 4.78 is 7.10. The van der Waals surface area contributed by atoms with Gasteiger partial charge in [-0.25, -0.2) is 9.97 Å². The van der Waals surface area contributed by atoms with Crippen molar-refractivity contribution in [1.29, 1.82) is 0 Å².